The third-order valence-electron chi connectivity index (χ3n) is 1.81. The Hall–Kier alpha value is -1.14. The average Bonchev–Trinajstić information content (AvgIpc) is 2.22. The summed E-state index contributed by atoms with van der Waals surface area (Å²) in [6.07, 6.45) is 0.610. The first-order valence-electron chi connectivity index (χ1n) is 4.63. The fourth-order valence-electron chi connectivity index (χ4n) is 1.05. The number of aliphatic carboxylic acids is 1. The van der Waals surface area contributed by atoms with Crippen LogP contribution in [-0.2, 0) is 19.1 Å². The molecule has 88 valence electrons. The lowest BCUT2D eigenvalue weighted by atomic mass is 10.3. The van der Waals surface area contributed by atoms with Gasteiger partial charge in [0.15, 0.2) is 0 Å². The molecule has 6 heteroatoms. The van der Waals surface area contributed by atoms with Gasteiger partial charge in [0.05, 0.1) is 6.61 Å². The van der Waals surface area contributed by atoms with Crippen LogP contribution in [-0.4, -0.2) is 62.4 Å². The second-order valence-electron chi connectivity index (χ2n) is 2.94. The van der Waals surface area contributed by atoms with Crippen LogP contribution in [0.3, 0.4) is 0 Å². The summed E-state index contributed by atoms with van der Waals surface area (Å²) in [7, 11) is 3.05. The Labute approximate surface area is 88.8 Å². The van der Waals surface area contributed by atoms with Crippen LogP contribution in [0.1, 0.15) is 6.42 Å². The maximum absolute atomic E-state index is 11.2. The Balaban J connectivity index is 4.05. The molecule has 15 heavy (non-hydrogen) atoms. The van der Waals surface area contributed by atoms with Gasteiger partial charge in [0.1, 0.15) is 0 Å². The Morgan fingerprint density at radius 2 is 1.73 bits per heavy atom. The van der Waals surface area contributed by atoms with Gasteiger partial charge in [-0.2, -0.15) is 0 Å². The van der Waals surface area contributed by atoms with Crippen LogP contribution in [0.4, 0.5) is 0 Å². The first-order chi connectivity index (χ1) is 7.13. The van der Waals surface area contributed by atoms with Crippen LogP contribution in [0, 0.1) is 0 Å². The number of carbonyl (C=O) groups is 2. The van der Waals surface area contributed by atoms with Crippen molar-refractivity contribution >= 4 is 11.9 Å². The molecule has 0 saturated carbocycles. The second-order valence-corrected chi connectivity index (χ2v) is 2.94. The van der Waals surface area contributed by atoms with Crippen LogP contribution in [0.5, 0.6) is 0 Å². The van der Waals surface area contributed by atoms with Crippen molar-refractivity contribution in [3.8, 4) is 0 Å². The third kappa shape index (κ3) is 6.03. The number of amides is 1. The van der Waals surface area contributed by atoms with Crippen molar-refractivity contribution < 1.29 is 24.2 Å². The van der Waals surface area contributed by atoms with Gasteiger partial charge in [-0.1, -0.05) is 0 Å². The summed E-state index contributed by atoms with van der Waals surface area (Å²) < 4.78 is 9.61. The molecule has 0 radical (unpaired) electrons. The van der Waals surface area contributed by atoms with E-state index >= 15 is 0 Å². The van der Waals surface area contributed by atoms with Gasteiger partial charge in [-0.25, -0.2) is 4.79 Å². The van der Waals surface area contributed by atoms with Crippen LogP contribution in [0.15, 0.2) is 0 Å². The molecule has 0 aromatic carbocycles. The van der Waals surface area contributed by atoms with Crippen LogP contribution in [0.2, 0.25) is 0 Å². The molecule has 0 rings (SSSR count). The van der Waals surface area contributed by atoms with Crippen molar-refractivity contribution in [3.63, 3.8) is 0 Å². The van der Waals surface area contributed by atoms with E-state index in [1.807, 2.05) is 0 Å². The van der Waals surface area contributed by atoms with Gasteiger partial charge in [-0.3, -0.25) is 4.79 Å². The Morgan fingerprint density at radius 3 is 2.20 bits per heavy atom. The number of methoxy groups -OCH3 is 2. The van der Waals surface area contributed by atoms with Crippen molar-refractivity contribution in [2.45, 2.75) is 6.42 Å². The molecule has 0 heterocycles. The second kappa shape index (κ2) is 8.19. The van der Waals surface area contributed by atoms with Crippen molar-refractivity contribution in [1.29, 1.82) is 0 Å². The topological polar surface area (TPSA) is 76.1 Å². The first kappa shape index (κ1) is 13.9. The SMILES string of the molecule is COCCCN(CCOC)C(=O)C(=O)O. The highest BCUT2D eigenvalue weighted by Gasteiger charge is 2.19. The lowest BCUT2D eigenvalue weighted by Gasteiger charge is -2.19. The quantitative estimate of drug-likeness (QED) is 0.465. The monoisotopic (exact) mass is 219 g/mol. The molecule has 0 aromatic heterocycles. The highest BCUT2D eigenvalue weighted by molar-refractivity contribution is 6.31. The summed E-state index contributed by atoms with van der Waals surface area (Å²) in [5.41, 5.74) is 0. The first-order valence-corrected chi connectivity index (χ1v) is 4.63. The molecule has 1 amide bonds. The predicted octanol–water partition coefficient (Wildman–Crippen LogP) is -0.417. The van der Waals surface area contributed by atoms with Gasteiger partial charge < -0.3 is 19.5 Å². The van der Waals surface area contributed by atoms with E-state index in [2.05, 4.69) is 0 Å². The normalized spacial score (nSPS) is 10.0. The zero-order chi connectivity index (χ0) is 11.7. The summed E-state index contributed by atoms with van der Waals surface area (Å²) in [6, 6.07) is 0. The number of carbonyl (C=O) groups excluding carboxylic acids is 1. The molecule has 0 saturated heterocycles. The summed E-state index contributed by atoms with van der Waals surface area (Å²) in [6.45, 7) is 1.47. The summed E-state index contributed by atoms with van der Waals surface area (Å²) >= 11 is 0. The maximum Gasteiger partial charge on any atom is 0.394 e. The van der Waals surface area contributed by atoms with E-state index < -0.39 is 11.9 Å². The molecule has 0 atom stereocenters. The van der Waals surface area contributed by atoms with E-state index in [1.54, 1.807) is 7.11 Å². The molecule has 0 bridgehead atoms. The number of rotatable bonds is 7. The highest BCUT2D eigenvalue weighted by atomic mass is 16.5. The van der Waals surface area contributed by atoms with Crippen molar-refractivity contribution in [2.75, 3.05) is 40.5 Å². The van der Waals surface area contributed by atoms with E-state index in [0.29, 0.717) is 26.2 Å². The fraction of sp³-hybridized carbons (Fsp3) is 0.778. The van der Waals surface area contributed by atoms with Crippen molar-refractivity contribution in [2.24, 2.45) is 0 Å². The zero-order valence-electron chi connectivity index (χ0n) is 9.06. The third-order valence-corrected chi connectivity index (χ3v) is 1.81. The minimum absolute atomic E-state index is 0.283. The van der Waals surface area contributed by atoms with E-state index in [-0.39, 0.29) is 6.54 Å². The van der Waals surface area contributed by atoms with Crippen LogP contribution < -0.4 is 0 Å². The number of hydrogen-bond acceptors (Lipinski definition) is 4. The molecule has 0 aliphatic rings. The van der Waals surface area contributed by atoms with E-state index in [9.17, 15) is 9.59 Å². The molecule has 6 nitrogen and oxygen atoms in total. The van der Waals surface area contributed by atoms with Gasteiger partial charge in [0.25, 0.3) is 0 Å². The lowest BCUT2D eigenvalue weighted by molar-refractivity contribution is -0.156. The molecule has 0 aliphatic heterocycles. The fourth-order valence-corrected chi connectivity index (χ4v) is 1.05. The molecular weight excluding hydrogens is 202 g/mol. The molecule has 0 aromatic rings. The smallest absolute Gasteiger partial charge is 0.394 e. The van der Waals surface area contributed by atoms with Gasteiger partial charge in [0, 0.05) is 33.9 Å². The van der Waals surface area contributed by atoms with E-state index in [0.717, 1.165) is 0 Å². The number of hydrogen-bond donors (Lipinski definition) is 1. The van der Waals surface area contributed by atoms with Crippen LogP contribution >= 0.6 is 0 Å². The number of carboxylic acid groups (broad SMARTS) is 1. The maximum atomic E-state index is 11.2. The standard InChI is InChI=1S/C9H17NO5/c1-14-6-3-4-10(5-7-15-2)8(11)9(12)13/h3-7H2,1-2H3,(H,12,13). The molecule has 0 aliphatic carbocycles. The molecule has 0 unspecified atom stereocenters. The molecule has 0 fully saturated rings. The largest absolute Gasteiger partial charge is 0.474 e. The number of carboxylic acids is 1. The van der Waals surface area contributed by atoms with Crippen LogP contribution in [0.25, 0.3) is 0 Å². The minimum atomic E-state index is -1.44. The summed E-state index contributed by atoms with van der Waals surface area (Å²) in [5.74, 6) is -2.34. The summed E-state index contributed by atoms with van der Waals surface area (Å²) in [4.78, 5) is 22.9. The van der Waals surface area contributed by atoms with Crippen molar-refractivity contribution in [3.05, 3.63) is 0 Å². The highest BCUT2D eigenvalue weighted by Crippen LogP contribution is 1.94. The van der Waals surface area contributed by atoms with E-state index in [4.69, 9.17) is 14.6 Å². The van der Waals surface area contributed by atoms with Gasteiger partial charge in [-0.15, -0.1) is 0 Å². The minimum Gasteiger partial charge on any atom is -0.474 e. The van der Waals surface area contributed by atoms with Gasteiger partial charge in [-0.05, 0) is 6.42 Å². The molecular formula is C9H17NO5. The molecule has 0 spiro atoms. The Kier molecular flexibility index (Phi) is 7.57. The predicted molar refractivity (Wildman–Crippen MR) is 52.6 cm³/mol. The Bertz CT molecular complexity index is 207. The Morgan fingerprint density at radius 1 is 1.13 bits per heavy atom. The van der Waals surface area contributed by atoms with Gasteiger partial charge in [0.2, 0.25) is 0 Å². The average molecular weight is 219 g/mol. The van der Waals surface area contributed by atoms with Gasteiger partial charge >= 0.3 is 11.9 Å². The zero-order valence-corrected chi connectivity index (χ0v) is 9.06. The van der Waals surface area contributed by atoms with E-state index in [1.165, 1.54) is 12.0 Å². The number of ether oxygens (including phenoxy) is 2. The number of nitrogens with zero attached hydrogens (tertiary/aromatic N) is 1. The molecule has 1 N–H and O–H groups in total. The summed E-state index contributed by atoms with van der Waals surface area (Å²) in [5, 5.41) is 8.55. The lowest BCUT2D eigenvalue weighted by Crippen LogP contribution is -2.39. The van der Waals surface area contributed by atoms with Crippen molar-refractivity contribution in [1.82, 2.24) is 4.90 Å².